The van der Waals surface area contributed by atoms with E-state index in [0.717, 1.165) is 0 Å². The molecule has 7 nitrogen and oxygen atoms in total. The Morgan fingerprint density at radius 1 is 1.39 bits per heavy atom. The van der Waals surface area contributed by atoms with Crippen molar-refractivity contribution >= 4 is 23.4 Å². The molecule has 0 saturated carbocycles. The highest BCUT2D eigenvalue weighted by Crippen LogP contribution is 2.26. The van der Waals surface area contributed by atoms with Crippen LogP contribution in [0.15, 0.2) is 12.7 Å². The number of imidazole rings is 1. The molecular formula is C10H12N4O3S. The number of aliphatic hydroxyl groups excluding tert-OH is 2. The van der Waals surface area contributed by atoms with Gasteiger partial charge in [0.2, 0.25) is 0 Å². The Bertz CT molecular complexity index is 625. The third kappa shape index (κ3) is 1.83. The van der Waals surface area contributed by atoms with E-state index in [0.29, 0.717) is 22.2 Å². The van der Waals surface area contributed by atoms with Crippen LogP contribution < -0.4 is 0 Å². The van der Waals surface area contributed by atoms with Crippen LogP contribution in [-0.2, 0) is 4.74 Å². The molecule has 0 bridgehead atoms. The molecule has 0 amide bonds. The zero-order chi connectivity index (χ0) is 12.7. The molecule has 0 aromatic carbocycles. The van der Waals surface area contributed by atoms with Crippen LogP contribution in [0, 0.1) is 4.64 Å². The van der Waals surface area contributed by atoms with Gasteiger partial charge in [-0.05, 0) is 0 Å². The largest absolute Gasteiger partial charge is 0.390 e. The lowest BCUT2D eigenvalue weighted by atomic mass is 10.1. The lowest BCUT2D eigenvalue weighted by Crippen LogP contribution is -2.39. The van der Waals surface area contributed by atoms with E-state index in [9.17, 15) is 10.2 Å². The van der Waals surface area contributed by atoms with Crippen LogP contribution in [0.2, 0.25) is 0 Å². The molecule has 3 atom stereocenters. The average molecular weight is 268 g/mol. The highest BCUT2D eigenvalue weighted by Gasteiger charge is 2.30. The van der Waals surface area contributed by atoms with Gasteiger partial charge in [0.1, 0.15) is 23.5 Å². The van der Waals surface area contributed by atoms with Crippen LogP contribution in [0.4, 0.5) is 0 Å². The van der Waals surface area contributed by atoms with Gasteiger partial charge < -0.3 is 19.9 Å². The predicted molar refractivity (Wildman–Crippen MR) is 64.3 cm³/mol. The second-order valence-electron chi connectivity index (χ2n) is 4.22. The molecule has 3 heterocycles. The normalized spacial score (nSPS) is 28.7. The molecule has 2 aromatic rings. The van der Waals surface area contributed by atoms with Gasteiger partial charge in [0.05, 0.1) is 25.4 Å². The Morgan fingerprint density at radius 3 is 3.00 bits per heavy atom. The Morgan fingerprint density at radius 2 is 2.22 bits per heavy atom. The third-order valence-corrected chi connectivity index (χ3v) is 3.34. The molecule has 1 fully saturated rings. The van der Waals surface area contributed by atoms with Crippen molar-refractivity contribution in [2.24, 2.45) is 0 Å². The molecule has 0 aliphatic carbocycles. The topological polar surface area (TPSA) is 96.2 Å². The number of nitrogens with one attached hydrogen (secondary N) is 1. The molecule has 0 unspecified atom stereocenters. The van der Waals surface area contributed by atoms with E-state index in [1.165, 1.54) is 6.33 Å². The van der Waals surface area contributed by atoms with Gasteiger partial charge in [0.25, 0.3) is 0 Å². The van der Waals surface area contributed by atoms with Crippen LogP contribution in [0.5, 0.6) is 0 Å². The van der Waals surface area contributed by atoms with Crippen molar-refractivity contribution < 1.29 is 14.9 Å². The summed E-state index contributed by atoms with van der Waals surface area (Å²) in [6, 6.07) is 0. The van der Waals surface area contributed by atoms with Crippen molar-refractivity contribution in [2.75, 3.05) is 6.61 Å². The third-order valence-electron chi connectivity index (χ3n) is 3.04. The van der Waals surface area contributed by atoms with E-state index < -0.39 is 12.2 Å². The van der Waals surface area contributed by atoms with Crippen molar-refractivity contribution in [1.82, 2.24) is 19.5 Å². The lowest BCUT2D eigenvalue weighted by molar-refractivity contribution is -0.144. The molecule has 3 N–H and O–H groups in total. The van der Waals surface area contributed by atoms with E-state index in [4.69, 9.17) is 17.0 Å². The lowest BCUT2D eigenvalue weighted by Gasteiger charge is -2.31. The number of nitrogens with zero attached hydrogens (tertiary/aromatic N) is 3. The summed E-state index contributed by atoms with van der Waals surface area (Å²) in [5, 5.41) is 19.1. The van der Waals surface area contributed by atoms with Crippen molar-refractivity contribution in [3.05, 3.63) is 17.3 Å². The van der Waals surface area contributed by atoms with Crippen molar-refractivity contribution in [2.45, 2.75) is 24.9 Å². The quantitative estimate of drug-likeness (QED) is 0.636. The number of hydrogen-bond donors (Lipinski definition) is 3. The number of hydrogen-bond acceptors (Lipinski definition) is 6. The highest BCUT2D eigenvalue weighted by molar-refractivity contribution is 7.71. The van der Waals surface area contributed by atoms with Gasteiger partial charge in [-0.3, -0.25) is 4.57 Å². The Labute approximate surface area is 107 Å². The smallest absolute Gasteiger partial charge is 0.157 e. The molecule has 18 heavy (non-hydrogen) atoms. The van der Waals surface area contributed by atoms with E-state index in [1.54, 1.807) is 10.9 Å². The molecule has 1 aliphatic rings. The summed E-state index contributed by atoms with van der Waals surface area (Å²) in [6.07, 6.45) is 1.38. The number of ether oxygens (including phenoxy) is 1. The fourth-order valence-electron chi connectivity index (χ4n) is 2.04. The van der Waals surface area contributed by atoms with Gasteiger partial charge in [-0.15, -0.1) is 0 Å². The molecule has 96 valence electrons. The number of H-pyrrole nitrogens is 1. The van der Waals surface area contributed by atoms with E-state index in [1.807, 2.05) is 0 Å². The van der Waals surface area contributed by atoms with E-state index in [2.05, 4.69) is 15.0 Å². The van der Waals surface area contributed by atoms with E-state index in [-0.39, 0.29) is 12.8 Å². The zero-order valence-electron chi connectivity index (χ0n) is 9.35. The minimum Gasteiger partial charge on any atom is -0.390 e. The fraction of sp³-hybridized carbons (Fsp3) is 0.500. The van der Waals surface area contributed by atoms with Gasteiger partial charge in [-0.1, -0.05) is 12.2 Å². The van der Waals surface area contributed by atoms with Crippen molar-refractivity contribution in [3.8, 4) is 0 Å². The summed E-state index contributed by atoms with van der Waals surface area (Å²) in [7, 11) is 0. The minimum absolute atomic E-state index is 0.0946. The first-order valence-corrected chi connectivity index (χ1v) is 5.95. The fourth-order valence-corrected chi connectivity index (χ4v) is 2.24. The SMILES string of the molecule is O[C@@H]1CO[C@@H](n2cnc3c(=S)nc[nH]c32)C[C@H]1O. The number of fused-ring (bicyclic) bond motifs is 1. The monoisotopic (exact) mass is 268 g/mol. The van der Waals surface area contributed by atoms with Crippen molar-refractivity contribution in [1.29, 1.82) is 0 Å². The number of aromatic amines is 1. The second-order valence-corrected chi connectivity index (χ2v) is 4.60. The van der Waals surface area contributed by atoms with Crippen LogP contribution in [0.1, 0.15) is 12.6 Å². The summed E-state index contributed by atoms with van der Waals surface area (Å²) >= 11 is 5.07. The summed E-state index contributed by atoms with van der Waals surface area (Å²) in [5.41, 5.74) is 1.29. The maximum absolute atomic E-state index is 9.67. The van der Waals surface area contributed by atoms with Crippen LogP contribution >= 0.6 is 12.2 Å². The van der Waals surface area contributed by atoms with Crippen LogP contribution in [0.3, 0.4) is 0 Å². The Kier molecular flexibility index (Phi) is 2.86. The van der Waals surface area contributed by atoms with Crippen LogP contribution in [0.25, 0.3) is 11.2 Å². The summed E-state index contributed by atoms with van der Waals surface area (Å²) in [6.45, 7) is 0.0946. The second kappa shape index (κ2) is 4.39. The first-order chi connectivity index (χ1) is 8.66. The molecule has 3 rings (SSSR count). The predicted octanol–water partition coefficient (Wildman–Crippen LogP) is 0.130. The Balaban J connectivity index is 2.00. The van der Waals surface area contributed by atoms with Crippen molar-refractivity contribution in [3.63, 3.8) is 0 Å². The molecule has 1 saturated heterocycles. The number of rotatable bonds is 1. The maximum Gasteiger partial charge on any atom is 0.157 e. The van der Waals surface area contributed by atoms with Gasteiger partial charge in [-0.2, -0.15) is 0 Å². The summed E-state index contributed by atoms with van der Waals surface area (Å²) in [5.74, 6) is 0. The molecular weight excluding hydrogens is 256 g/mol. The number of aliphatic hydroxyl groups is 2. The van der Waals surface area contributed by atoms with Gasteiger partial charge >= 0.3 is 0 Å². The zero-order valence-corrected chi connectivity index (χ0v) is 10.2. The van der Waals surface area contributed by atoms with Gasteiger partial charge in [0, 0.05) is 6.42 Å². The molecule has 8 heteroatoms. The number of aromatic nitrogens is 4. The van der Waals surface area contributed by atoms with Gasteiger partial charge in [0.15, 0.2) is 4.64 Å². The van der Waals surface area contributed by atoms with Crippen LogP contribution in [-0.4, -0.2) is 48.5 Å². The minimum atomic E-state index is -0.837. The highest BCUT2D eigenvalue weighted by atomic mass is 32.1. The van der Waals surface area contributed by atoms with Gasteiger partial charge in [-0.25, -0.2) is 9.97 Å². The molecule has 0 spiro atoms. The molecule has 0 radical (unpaired) electrons. The average Bonchev–Trinajstić information content (AvgIpc) is 2.78. The first-order valence-electron chi connectivity index (χ1n) is 5.55. The first kappa shape index (κ1) is 11.7. The standard InChI is InChI=1S/C10H12N4O3S/c15-5-1-7(17-2-6(5)16)14-4-13-8-9(14)11-3-12-10(8)18/h3-7,15-16H,1-2H2,(H,11,12,18)/t5-,6-,7-/m1/s1. The van der Waals surface area contributed by atoms with E-state index >= 15 is 0 Å². The summed E-state index contributed by atoms with van der Waals surface area (Å²) < 4.78 is 7.66. The summed E-state index contributed by atoms with van der Waals surface area (Å²) in [4.78, 5) is 11.1. The Hall–Kier alpha value is -1.35. The maximum atomic E-state index is 9.67. The molecule has 1 aliphatic heterocycles. The molecule has 2 aromatic heterocycles.